The van der Waals surface area contributed by atoms with Gasteiger partial charge in [0.2, 0.25) is 5.91 Å². The zero-order chi connectivity index (χ0) is 18.3. The number of anilines is 3. The Morgan fingerprint density at radius 2 is 2.12 bits per heavy atom. The number of nitrogens with one attached hydrogen (secondary N) is 3. The Morgan fingerprint density at radius 3 is 2.81 bits per heavy atom. The first kappa shape index (κ1) is 16.7. The molecule has 1 aliphatic carbocycles. The van der Waals surface area contributed by atoms with Crippen molar-refractivity contribution in [1.29, 1.82) is 0 Å². The fourth-order valence-corrected chi connectivity index (χ4v) is 3.37. The van der Waals surface area contributed by atoms with E-state index in [0.717, 1.165) is 23.4 Å². The third kappa shape index (κ3) is 2.86. The van der Waals surface area contributed by atoms with Crippen LogP contribution in [0, 0.1) is 5.92 Å². The number of rotatable bonds is 4. The lowest BCUT2D eigenvalue weighted by atomic mass is 10.1. The summed E-state index contributed by atoms with van der Waals surface area (Å²) >= 11 is 1.58. The molecule has 0 radical (unpaired) electrons. The molecule has 134 valence electrons. The van der Waals surface area contributed by atoms with Crippen molar-refractivity contribution < 1.29 is 14.3 Å². The van der Waals surface area contributed by atoms with Gasteiger partial charge in [-0.05, 0) is 31.2 Å². The fourth-order valence-electron chi connectivity index (χ4n) is 2.80. The number of thioether (sulfide) groups is 1. The molecule has 0 atom stereocenters. The number of nitrogens with zero attached hydrogens (tertiary/aromatic N) is 1. The van der Waals surface area contributed by atoms with E-state index in [1.807, 2.05) is 24.5 Å². The quantitative estimate of drug-likeness (QED) is 0.610. The van der Waals surface area contributed by atoms with Crippen molar-refractivity contribution in [3.63, 3.8) is 0 Å². The van der Waals surface area contributed by atoms with Crippen LogP contribution < -0.4 is 20.7 Å². The van der Waals surface area contributed by atoms with Gasteiger partial charge in [-0.15, -0.1) is 11.8 Å². The van der Waals surface area contributed by atoms with Crippen LogP contribution in [0.25, 0.3) is 0 Å². The third-order valence-corrected chi connectivity index (χ3v) is 5.15. The number of benzene rings is 1. The number of carbonyl (C=O) groups excluding carboxylic acids is 2. The molecule has 3 N–H and O–H groups in total. The molecule has 1 aromatic carbocycles. The van der Waals surface area contributed by atoms with Gasteiger partial charge >= 0.3 is 0 Å². The molecule has 0 saturated heterocycles. The maximum Gasteiger partial charge on any atom is 0.254 e. The van der Waals surface area contributed by atoms with Crippen LogP contribution in [0.1, 0.15) is 23.2 Å². The number of carbonyl (C=O) groups is 2. The molecule has 1 fully saturated rings. The Morgan fingerprint density at radius 1 is 1.31 bits per heavy atom. The van der Waals surface area contributed by atoms with Gasteiger partial charge in [-0.25, -0.2) is 4.98 Å². The van der Waals surface area contributed by atoms with Crippen molar-refractivity contribution in [3.05, 3.63) is 30.0 Å². The normalized spacial score (nSPS) is 14.4. The number of hydrogen-bond donors (Lipinski definition) is 3. The minimum Gasteiger partial charge on any atom is -0.449 e. The number of aromatic nitrogens is 1. The van der Waals surface area contributed by atoms with E-state index in [2.05, 4.69) is 20.9 Å². The summed E-state index contributed by atoms with van der Waals surface area (Å²) in [6, 6.07) is 5.71. The smallest absolute Gasteiger partial charge is 0.254 e. The van der Waals surface area contributed by atoms with Crippen LogP contribution in [0.15, 0.2) is 29.3 Å². The van der Waals surface area contributed by atoms with Gasteiger partial charge in [0.15, 0.2) is 17.3 Å². The van der Waals surface area contributed by atoms with Gasteiger partial charge < -0.3 is 20.7 Å². The van der Waals surface area contributed by atoms with E-state index in [9.17, 15) is 9.59 Å². The molecule has 1 aromatic heterocycles. The number of fused-ring (bicyclic) bond motifs is 2. The molecule has 8 heteroatoms. The lowest BCUT2D eigenvalue weighted by Gasteiger charge is -2.26. The summed E-state index contributed by atoms with van der Waals surface area (Å²) < 4.78 is 6.05. The molecular formula is C18H18N4O3S. The number of ether oxygens (including phenoxy) is 1. The van der Waals surface area contributed by atoms with Crippen LogP contribution in [-0.4, -0.2) is 30.1 Å². The second kappa shape index (κ2) is 6.53. The number of para-hydroxylation sites is 1. The van der Waals surface area contributed by atoms with Crippen LogP contribution in [0.3, 0.4) is 0 Å². The van der Waals surface area contributed by atoms with Crippen molar-refractivity contribution in [2.75, 3.05) is 23.9 Å². The largest absolute Gasteiger partial charge is 0.449 e. The molecular weight excluding hydrogens is 352 g/mol. The summed E-state index contributed by atoms with van der Waals surface area (Å²) in [5, 5.41) is 8.73. The van der Waals surface area contributed by atoms with E-state index in [-0.39, 0.29) is 17.7 Å². The predicted octanol–water partition coefficient (Wildman–Crippen LogP) is 3.36. The zero-order valence-electron chi connectivity index (χ0n) is 14.4. The maximum absolute atomic E-state index is 12.3. The Bertz CT molecular complexity index is 912. The van der Waals surface area contributed by atoms with Crippen molar-refractivity contribution in [2.45, 2.75) is 17.7 Å². The topological polar surface area (TPSA) is 92.4 Å². The molecule has 2 amide bonds. The van der Waals surface area contributed by atoms with Gasteiger partial charge in [-0.1, -0.05) is 6.07 Å². The van der Waals surface area contributed by atoms with Crippen LogP contribution in [-0.2, 0) is 4.79 Å². The summed E-state index contributed by atoms with van der Waals surface area (Å²) in [4.78, 5) is 29.7. The van der Waals surface area contributed by atoms with Gasteiger partial charge in [-0.2, -0.15) is 0 Å². The highest BCUT2D eigenvalue weighted by Gasteiger charge is 2.33. The summed E-state index contributed by atoms with van der Waals surface area (Å²) in [6.45, 7) is 0. The minimum atomic E-state index is -0.282. The lowest BCUT2D eigenvalue weighted by Crippen LogP contribution is -2.22. The molecule has 26 heavy (non-hydrogen) atoms. The number of hydrogen-bond acceptors (Lipinski definition) is 6. The molecule has 7 nitrogen and oxygen atoms in total. The molecule has 0 spiro atoms. The average molecular weight is 370 g/mol. The SMILES string of the molecule is CNC(=O)c1cnc(NC(=O)C2CC2)c2c1Nc1c(cccc1SC)O2. The number of pyridine rings is 1. The summed E-state index contributed by atoms with van der Waals surface area (Å²) in [5.41, 5.74) is 1.65. The van der Waals surface area contributed by atoms with Crippen LogP contribution in [0.4, 0.5) is 17.2 Å². The molecule has 2 aromatic rings. The third-order valence-electron chi connectivity index (χ3n) is 4.37. The Hall–Kier alpha value is -2.74. The van der Waals surface area contributed by atoms with Crippen LogP contribution in [0.2, 0.25) is 0 Å². The van der Waals surface area contributed by atoms with Crippen LogP contribution in [0.5, 0.6) is 11.5 Å². The van der Waals surface area contributed by atoms with Gasteiger partial charge in [0, 0.05) is 24.1 Å². The van der Waals surface area contributed by atoms with Crippen molar-refractivity contribution in [3.8, 4) is 11.5 Å². The highest BCUT2D eigenvalue weighted by atomic mass is 32.2. The zero-order valence-corrected chi connectivity index (χ0v) is 15.2. The maximum atomic E-state index is 12.3. The molecule has 4 rings (SSSR count). The fraction of sp³-hybridized carbons (Fsp3) is 0.278. The van der Waals surface area contributed by atoms with Gasteiger partial charge in [0.05, 0.1) is 11.3 Å². The van der Waals surface area contributed by atoms with E-state index in [1.165, 1.54) is 6.20 Å². The Kier molecular flexibility index (Phi) is 4.20. The molecule has 0 bridgehead atoms. The summed E-state index contributed by atoms with van der Waals surface area (Å²) in [5.74, 6) is 0.984. The van der Waals surface area contributed by atoms with Gasteiger partial charge in [0.25, 0.3) is 5.91 Å². The van der Waals surface area contributed by atoms with E-state index >= 15 is 0 Å². The van der Waals surface area contributed by atoms with E-state index in [4.69, 9.17) is 4.74 Å². The van der Waals surface area contributed by atoms with E-state index in [0.29, 0.717) is 28.6 Å². The molecule has 2 heterocycles. The highest BCUT2D eigenvalue weighted by Crippen LogP contribution is 2.49. The van der Waals surface area contributed by atoms with Crippen molar-refractivity contribution >= 4 is 40.8 Å². The monoisotopic (exact) mass is 370 g/mol. The first-order valence-electron chi connectivity index (χ1n) is 8.30. The first-order valence-corrected chi connectivity index (χ1v) is 9.52. The number of amides is 2. The summed E-state index contributed by atoms with van der Waals surface area (Å²) in [6.07, 6.45) is 5.20. The predicted molar refractivity (Wildman–Crippen MR) is 101 cm³/mol. The van der Waals surface area contributed by atoms with Crippen molar-refractivity contribution in [2.24, 2.45) is 5.92 Å². The Labute approximate surface area is 154 Å². The average Bonchev–Trinajstić information content (AvgIpc) is 3.51. The van der Waals surface area contributed by atoms with Crippen molar-refractivity contribution in [1.82, 2.24) is 10.3 Å². The first-order chi connectivity index (χ1) is 12.6. The van der Waals surface area contributed by atoms with Crippen LogP contribution >= 0.6 is 11.8 Å². The summed E-state index contributed by atoms with van der Waals surface area (Å²) in [7, 11) is 1.56. The standard InChI is InChI=1S/C18H18N4O3S/c1-19-18(24)10-8-20-16(22-17(23)9-6-7-9)15-13(10)21-14-11(25-15)4-3-5-12(14)26-2/h3-5,8-9,21H,6-7H2,1-2H3,(H,19,24)(H,20,22,23). The molecule has 2 aliphatic rings. The lowest BCUT2D eigenvalue weighted by molar-refractivity contribution is -0.117. The van der Waals surface area contributed by atoms with Gasteiger partial charge in [-0.3, -0.25) is 9.59 Å². The van der Waals surface area contributed by atoms with Gasteiger partial charge in [0.1, 0.15) is 5.69 Å². The van der Waals surface area contributed by atoms with E-state index in [1.54, 1.807) is 18.8 Å². The minimum absolute atomic E-state index is 0.0398. The molecule has 1 aliphatic heterocycles. The second-order valence-corrected chi connectivity index (χ2v) is 6.98. The van der Waals surface area contributed by atoms with E-state index < -0.39 is 0 Å². The Balaban J connectivity index is 1.80. The molecule has 1 saturated carbocycles. The highest BCUT2D eigenvalue weighted by molar-refractivity contribution is 7.98. The second-order valence-electron chi connectivity index (χ2n) is 6.13. The molecule has 0 unspecified atom stereocenters.